The summed E-state index contributed by atoms with van der Waals surface area (Å²) in [5.74, 6) is 1.48. The van der Waals surface area contributed by atoms with Crippen LogP contribution in [-0.2, 0) is 12.8 Å². The number of carbonyl (C=O) groups excluding carboxylic acids is 1. The SMILES string of the molecule is COc1ccc(-c2nc(C)ns2)cc1NCC(=O)c1c[nH]c2c3c(ccc12)CCC3. The van der Waals surface area contributed by atoms with Gasteiger partial charge in [0, 0.05) is 28.2 Å². The van der Waals surface area contributed by atoms with Crippen LogP contribution >= 0.6 is 11.5 Å². The maximum Gasteiger partial charge on any atom is 0.184 e. The van der Waals surface area contributed by atoms with Gasteiger partial charge in [-0.25, -0.2) is 4.98 Å². The summed E-state index contributed by atoms with van der Waals surface area (Å²) in [7, 11) is 1.62. The second kappa shape index (κ2) is 7.57. The Kier molecular flexibility index (Phi) is 4.75. The second-order valence-corrected chi connectivity index (χ2v) is 8.27. The number of aryl methyl sites for hydroxylation is 3. The van der Waals surface area contributed by atoms with Gasteiger partial charge in [-0.05, 0) is 67.0 Å². The zero-order valence-corrected chi connectivity index (χ0v) is 17.7. The van der Waals surface area contributed by atoms with Crippen molar-refractivity contribution in [2.75, 3.05) is 19.0 Å². The Labute approximate surface area is 178 Å². The Morgan fingerprint density at radius 3 is 2.97 bits per heavy atom. The van der Waals surface area contributed by atoms with Gasteiger partial charge in [0.1, 0.15) is 16.6 Å². The number of carbonyl (C=O) groups is 1. The van der Waals surface area contributed by atoms with Crippen molar-refractivity contribution in [1.29, 1.82) is 0 Å². The molecule has 2 aromatic carbocycles. The molecule has 0 aliphatic heterocycles. The van der Waals surface area contributed by atoms with Crippen molar-refractivity contribution in [2.24, 2.45) is 0 Å². The summed E-state index contributed by atoms with van der Waals surface area (Å²) in [6, 6.07) is 10.0. The number of anilines is 1. The van der Waals surface area contributed by atoms with Crippen LogP contribution in [-0.4, -0.2) is 33.8 Å². The third kappa shape index (κ3) is 3.25. The van der Waals surface area contributed by atoms with E-state index in [4.69, 9.17) is 4.74 Å². The van der Waals surface area contributed by atoms with E-state index in [-0.39, 0.29) is 12.3 Å². The molecule has 0 amide bonds. The minimum atomic E-state index is 0.0402. The number of hydrogen-bond donors (Lipinski definition) is 2. The normalized spacial score (nSPS) is 12.9. The number of benzene rings is 2. The van der Waals surface area contributed by atoms with Gasteiger partial charge in [-0.2, -0.15) is 4.37 Å². The van der Waals surface area contributed by atoms with Gasteiger partial charge in [-0.15, -0.1) is 0 Å². The molecule has 0 bridgehead atoms. The number of hydrogen-bond acceptors (Lipinski definition) is 6. The molecule has 2 heterocycles. The van der Waals surface area contributed by atoms with Crippen molar-refractivity contribution in [3.8, 4) is 16.3 Å². The van der Waals surface area contributed by atoms with Crippen LogP contribution in [0, 0.1) is 6.92 Å². The van der Waals surface area contributed by atoms with Gasteiger partial charge in [0.25, 0.3) is 0 Å². The zero-order valence-electron chi connectivity index (χ0n) is 16.9. The lowest BCUT2D eigenvalue weighted by molar-refractivity contribution is 0.101. The molecule has 4 aromatic rings. The first-order valence-corrected chi connectivity index (χ1v) is 10.8. The fourth-order valence-corrected chi connectivity index (χ4v) is 4.84. The van der Waals surface area contributed by atoms with E-state index >= 15 is 0 Å². The van der Waals surface area contributed by atoms with Crippen LogP contribution in [0.15, 0.2) is 36.5 Å². The third-order valence-electron chi connectivity index (χ3n) is 5.65. The number of H-pyrrole nitrogens is 1. The third-order valence-corrected chi connectivity index (χ3v) is 6.50. The summed E-state index contributed by atoms with van der Waals surface area (Å²) in [5, 5.41) is 5.10. The number of methoxy groups -OCH3 is 1. The highest BCUT2D eigenvalue weighted by Crippen LogP contribution is 2.33. The Balaban J connectivity index is 1.39. The Hall–Kier alpha value is -3.19. The number of aromatic nitrogens is 3. The Morgan fingerprint density at radius 2 is 2.17 bits per heavy atom. The molecule has 0 spiro atoms. The monoisotopic (exact) mass is 418 g/mol. The molecular weight excluding hydrogens is 396 g/mol. The first-order valence-electron chi connectivity index (χ1n) is 10.0. The van der Waals surface area contributed by atoms with Gasteiger partial charge in [0.2, 0.25) is 0 Å². The van der Waals surface area contributed by atoms with E-state index in [9.17, 15) is 4.79 Å². The van der Waals surface area contributed by atoms with Gasteiger partial charge >= 0.3 is 0 Å². The summed E-state index contributed by atoms with van der Waals surface area (Å²) in [5.41, 5.74) is 6.30. The number of nitrogens with zero attached hydrogens (tertiary/aromatic N) is 2. The van der Waals surface area contributed by atoms with Gasteiger partial charge in [-0.3, -0.25) is 4.79 Å². The lowest BCUT2D eigenvalue weighted by atomic mass is 10.0. The summed E-state index contributed by atoms with van der Waals surface area (Å²) >= 11 is 1.36. The quantitative estimate of drug-likeness (QED) is 0.440. The van der Waals surface area contributed by atoms with Crippen LogP contribution in [0.5, 0.6) is 5.75 Å². The van der Waals surface area contributed by atoms with E-state index in [1.54, 1.807) is 7.11 Å². The smallest absolute Gasteiger partial charge is 0.184 e. The summed E-state index contributed by atoms with van der Waals surface area (Å²) in [6.07, 6.45) is 5.22. The molecular formula is C23H22N4O2S. The van der Waals surface area contributed by atoms with Crippen LogP contribution in [0.4, 0.5) is 5.69 Å². The molecule has 6 nitrogen and oxygen atoms in total. The molecule has 0 unspecified atom stereocenters. The predicted molar refractivity (Wildman–Crippen MR) is 120 cm³/mol. The maximum atomic E-state index is 13.0. The minimum Gasteiger partial charge on any atom is -0.495 e. The average Bonchev–Trinajstić information content (AvgIpc) is 3.50. The number of ether oxygens (including phenoxy) is 1. The molecule has 1 aliphatic rings. The van der Waals surface area contributed by atoms with Gasteiger partial charge < -0.3 is 15.0 Å². The molecule has 2 aromatic heterocycles. The van der Waals surface area contributed by atoms with E-state index in [1.165, 1.54) is 29.1 Å². The molecule has 0 saturated carbocycles. The van der Waals surface area contributed by atoms with Crippen LogP contribution in [0.1, 0.15) is 33.7 Å². The standard InChI is InChI=1S/C23H22N4O2S/c1-13-26-23(30-27-13)15-7-9-21(29-2)19(10-15)24-12-20(28)18-11-25-22-16-5-3-4-14(16)6-8-17(18)22/h6-11,24-25H,3-5,12H2,1-2H3. The van der Waals surface area contributed by atoms with Crippen molar-refractivity contribution in [1.82, 2.24) is 14.3 Å². The average molecular weight is 419 g/mol. The fraction of sp³-hybridized carbons (Fsp3) is 0.261. The highest BCUT2D eigenvalue weighted by molar-refractivity contribution is 7.09. The Morgan fingerprint density at radius 1 is 1.27 bits per heavy atom. The van der Waals surface area contributed by atoms with Crippen LogP contribution in [0.3, 0.4) is 0 Å². The number of rotatable bonds is 6. The molecule has 0 radical (unpaired) electrons. The highest BCUT2D eigenvalue weighted by atomic mass is 32.1. The largest absolute Gasteiger partial charge is 0.495 e. The number of aromatic amines is 1. The number of nitrogens with one attached hydrogen (secondary N) is 2. The van der Waals surface area contributed by atoms with E-state index < -0.39 is 0 Å². The van der Waals surface area contributed by atoms with E-state index in [0.717, 1.165) is 51.4 Å². The van der Waals surface area contributed by atoms with Crippen molar-refractivity contribution in [3.63, 3.8) is 0 Å². The van der Waals surface area contributed by atoms with Crippen LogP contribution in [0.25, 0.3) is 21.5 Å². The molecule has 152 valence electrons. The van der Waals surface area contributed by atoms with Gasteiger partial charge in [0.15, 0.2) is 5.78 Å². The lowest BCUT2D eigenvalue weighted by Crippen LogP contribution is -2.14. The first kappa shape index (κ1) is 18.8. The lowest BCUT2D eigenvalue weighted by Gasteiger charge is -2.12. The molecule has 2 N–H and O–H groups in total. The van der Waals surface area contributed by atoms with Crippen molar-refractivity contribution in [3.05, 3.63) is 59.0 Å². The van der Waals surface area contributed by atoms with E-state index in [0.29, 0.717) is 5.75 Å². The fourth-order valence-electron chi connectivity index (χ4n) is 4.17. The van der Waals surface area contributed by atoms with Crippen LogP contribution < -0.4 is 10.1 Å². The second-order valence-electron chi connectivity index (χ2n) is 7.52. The van der Waals surface area contributed by atoms with Gasteiger partial charge in [0.05, 0.1) is 19.3 Å². The predicted octanol–water partition coefficient (Wildman–Crippen LogP) is 4.79. The zero-order chi connectivity index (χ0) is 20.7. The summed E-state index contributed by atoms with van der Waals surface area (Å²) in [6.45, 7) is 2.05. The van der Waals surface area contributed by atoms with E-state index in [1.807, 2.05) is 31.3 Å². The molecule has 1 aliphatic carbocycles. The van der Waals surface area contributed by atoms with Crippen LogP contribution in [0.2, 0.25) is 0 Å². The summed E-state index contributed by atoms with van der Waals surface area (Å²) in [4.78, 5) is 20.8. The van der Waals surface area contributed by atoms with Gasteiger partial charge in [-0.1, -0.05) is 12.1 Å². The minimum absolute atomic E-state index is 0.0402. The maximum absolute atomic E-state index is 13.0. The Bertz CT molecular complexity index is 1260. The number of Topliss-reactive ketones (excluding diaryl/α,β-unsaturated/α-hetero) is 1. The molecule has 30 heavy (non-hydrogen) atoms. The topological polar surface area (TPSA) is 79.9 Å². The number of ketones is 1. The van der Waals surface area contributed by atoms with E-state index in [2.05, 4.69) is 31.8 Å². The van der Waals surface area contributed by atoms with Crippen molar-refractivity contribution >= 4 is 33.9 Å². The summed E-state index contributed by atoms with van der Waals surface area (Å²) < 4.78 is 9.72. The molecule has 7 heteroatoms. The van der Waals surface area contributed by atoms with Crippen molar-refractivity contribution in [2.45, 2.75) is 26.2 Å². The molecule has 0 fully saturated rings. The number of fused-ring (bicyclic) bond motifs is 3. The van der Waals surface area contributed by atoms with Crippen molar-refractivity contribution < 1.29 is 9.53 Å². The first-order chi connectivity index (χ1) is 14.6. The molecule has 0 atom stereocenters. The highest BCUT2D eigenvalue weighted by Gasteiger charge is 2.19. The molecule has 5 rings (SSSR count). The molecule has 0 saturated heterocycles.